The predicted molar refractivity (Wildman–Crippen MR) is 72.6 cm³/mol. The molecule has 2 aromatic heterocycles. The van der Waals surface area contributed by atoms with Crippen LogP contribution in [0.1, 0.15) is 6.92 Å². The highest BCUT2D eigenvalue weighted by Crippen LogP contribution is 2.20. The molecule has 2 N–H and O–H groups in total. The second kappa shape index (κ2) is 6.06. The average Bonchev–Trinajstić information content (AvgIpc) is 2.82. The van der Waals surface area contributed by atoms with Crippen LogP contribution in [0.25, 0.3) is 11.0 Å². The number of esters is 1. The number of aliphatic hydroxyl groups is 1. The second-order valence-electron chi connectivity index (χ2n) is 3.98. The number of H-pyrrole nitrogens is 1. The Bertz CT molecular complexity index is 681. The SMILES string of the molecule is COC(=O)[C@@H](C)Sc1nc2c(cnn2CCO)c(=O)[nH]1. The summed E-state index contributed by atoms with van der Waals surface area (Å²) in [5, 5.41) is 13.1. The molecule has 0 aliphatic rings. The van der Waals surface area contributed by atoms with Crippen molar-refractivity contribution in [2.24, 2.45) is 0 Å². The average molecular weight is 298 g/mol. The van der Waals surface area contributed by atoms with Gasteiger partial charge in [0.05, 0.1) is 26.5 Å². The third kappa shape index (κ3) is 2.83. The summed E-state index contributed by atoms with van der Waals surface area (Å²) >= 11 is 1.09. The standard InChI is InChI=1S/C11H14N4O4S/c1-6(10(18)19-2)20-11-13-8-7(9(17)14-11)5-12-15(8)3-4-16/h5-6,16H,3-4H2,1-2H3,(H,13,14,17)/t6-/m1/s1. The van der Waals surface area contributed by atoms with Crippen LogP contribution in [0, 0.1) is 0 Å². The molecule has 8 nitrogen and oxygen atoms in total. The number of hydrogen-bond acceptors (Lipinski definition) is 7. The highest BCUT2D eigenvalue weighted by Gasteiger charge is 2.17. The van der Waals surface area contributed by atoms with Crippen LogP contribution in [0.5, 0.6) is 0 Å². The fraction of sp³-hybridized carbons (Fsp3) is 0.455. The maximum absolute atomic E-state index is 11.9. The molecule has 0 saturated carbocycles. The van der Waals surface area contributed by atoms with Gasteiger partial charge in [0.1, 0.15) is 10.6 Å². The van der Waals surface area contributed by atoms with E-state index in [2.05, 4.69) is 19.8 Å². The highest BCUT2D eigenvalue weighted by atomic mass is 32.2. The first-order valence-corrected chi connectivity index (χ1v) is 6.76. The van der Waals surface area contributed by atoms with Gasteiger partial charge >= 0.3 is 5.97 Å². The number of nitrogens with zero attached hydrogens (tertiary/aromatic N) is 3. The summed E-state index contributed by atoms with van der Waals surface area (Å²) < 4.78 is 6.06. The van der Waals surface area contributed by atoms with Crippen LogP contribution < -0.4 is 5.56 Å². The lowest BCUT2D eigenvalue weighted by Crippen LogP contribution is -2.17. The molecular formula is C11H14N4O4S. The van der Waals surface area contributed by atoms with E-state index in [4.69, 9.17) is 5.11 Å². The van der Waals surface area contributed by atoms with Gasteiger partial charge in [0.25, 0.3) is 5.56 Å². The van der Waals surface area contributed by atoms with E-state index in [1.54, 1.807) is 6.92 Å². The number of methoxy groups -OCH3 is 1. The molecular weight excluding hydrogens is 284 g/mol. The summed E-state index contributed by atoms with van der Waals surface area (Å²) in [4.78, 5) is 30.1. The largest absolute Gasteiger partial charge is 0.468 e. The van der Waals surface area contributed by atoms with Crippen molar-refractivity contribution < 1.29 is 14.6 Å². The normalized spacial score (nSPS) is 12.6. The molecule has 2 heterocycles. The molecule has 0 aliphatic heterocycles. The number of aliphatic hydroxyl groups excluding tert-OH is 1. The van der Waals surface area contributed by atoms with E-state index >= 15 is 0 Å². The number of carbonyl (C=O) groups is 1. The molecule has 20 heavy (non-hydrogen) atoms. The van der Waals surface area contributed by atoms with Crippen molar-refractivity contribution in [1.29, 1.82) is 0 Å². The molecule has 2 rings (SSSR count). The zero-order valence-corrected chi connectivity index (χ0v) is 11.8. The van der Waals surface area contributed by atoms with Gasteiger partial charge in [-0.1, -0.05) is 11.8 Å². The molecule has 1 atom stereocenters. The lowest BCUT2D eigenvalue weighted by atomic mass is 10.4. The van der Waals surface area contributed by atoms with Gasteiger partial charge < -0.3 is 14.8 Å². The summed E-state index contributed by atoms with van der Waals surface area (Å²) in [6, 6.07) is 0. The molecule has 0 aliphatic carbocycles. The van der Waals surface area contributed by atoms with Gasteiger partial charge in [-0.3, -0.25) is 9.59 Å². The lowest BCUT2D eigenvalue weighted by Gasteiger charge is -2.08. The Morgan fingerprint density at radius 3 is 3.05 bits per heavy atom. The Labute approximate surface area is 118 Å². The van der Waals surface area contributed by atoms with Gasteiger partial charge in [0.2, 0.25) is 0 Å². The molecule has 0 radical (unpaired) electrons. The Morgan fingerprint density at radius 1 is 1.65 bits per heavy atom. The number of rotatable bonds is 5. The first-order valence-electron chi connectivity index (χ1n) is 5.88. The van der Waals surface area contributed by atoms with E-state index in [0.717, 1.165) is 11.8 Å². The third-order valence-corrected chi connectivity index (χ3v) is 3.58. The van der Waals surface area contributed by atoms with E-state index in [-0.39, 0.29) is 18.7 Å². The minimum absolute atomic E-state index is 0.105. The summed E-state index contributed by atoms with van der Waals surface area (Å²) in [6.07, 6.45) is 1.40. The topological polar surface area (TPSA) is 110 Å². The summed E-state index contributed by atoms with van der Waals surface area (Å²) in [6.45, 7) is 1.80. The zero-order chi connectivity index (χ0) is 14.7. The van der Waals surface area contributed by atoms with Gasteiger partial charge in [-0.2, -0.15) is 5.10 Å². The van der Waals surface area contributed by atoms with E-state index in [1.807, 2.05) is 0 Å². The number of thioether (sulfide) groups is 1. The minimum atomic E-state index is -0.491. The van der Waals surface area contributed by atoms with E-state index < -0.39 is 11.2 Å². The van der Waals surface area contributed by atoms with Crippen LogP contribution >= 0.6 is 11.8 Å². The highest BCUT2D eigenvalue weighted by molar-refractivity contribution is 8.00. The summed E-state index contributed by atoms with van der Waals surface area (Å²) in [5.74, 6) is -0.401. The first-order chi connectivity index (χ1) is 9.56. The van der Waals surface area contributed by atoms with Crippen molar-refractivity contribution in [2.75, 3.05) is 13.7 Å². The van der Waals surface area contributed by atoms with Crippen molar-refractivity contribution in [3.63, 3.8) is 0 Å². The zero-order valence-electron chi connectivity index (χ0n) is 11.0. The van der Waals surface area contributed by atoms with Crippen LogP contribution in [0.4, 0.5) is 0 Å². The predicted octanol–water partition coefficient (Wildman–Crippen LogP) is -0.235. The lowest BCUT2D eigenvalue weighted by molar-refractivity contribution is -0.139. The fourth-order valence-corrected chi connectivity index (χ4v) is 2.46. The third-order valence-electron chi connectivity index (χ3n) is 2.62. The molecule has 0 amide bonds. The van der Waals surface area contributed by atoms with E-state index in [0.29, 0.717) is 16.2 Å². The quantitative estimate of drug-likeness (QED) is 0.445. The number of aromatic nitrogens is 4. The van der Waals surface area contributed by atoms with Gasteiger partial charge in [-0.15, -0.1) is 0 Å². The van der Waals surface area contributed by atoms with Gasteiger partial charge in [-0.25, -0.2) is 9.67 Å². The van der Waals surface area contributed by atoms with Crippen molar-refractivity contribution >= 4 is 28.8 Å². The van der Waals surface area contributed by atoms with E-state index in [9.17, 15) is 9.59 Å². The van der Waals surface area contributed by atoms with Crippen molar-refractivity contribution in [2.45, 2.75) is 23.9 Å². The van der Waals surface area contributed by atoms with Gasteiger partial charge in [0.15, 0.2) is 10.8 Å². The number of fused-ring (bicyclic) bond motifs is 1. The molecule has 108 valence electrons. The molecule has 0 saturated heterocycles. The van der Waals surface area contributed by atoms with Crippen molar-refractivity contribution in [3.8, 4) is 0 Å². The van der Waals surface area contributed by atoms with E-state index in [1.165, 1.54) is 18.0 Å². The van der Waals surface area contributed by atoms with Crippen LogP contribution in [-0.2, 0) is 16.1 Å². The smallest absolute Gasteiger partial charge is 0.318 e. The summed E-state index contributed by atoms with van der Waals surface area (Å²) in [5.41, 5.74) is 0.0427. The van der Waals surface area contributed by atoms with Crippen LogP contribution in [-0.4, -0.2) is 49.8 Å². The Hall–Kier alpha value is -1.87. The van der Waals surface area contributed by atoms with Crippen molar-refractivity contribution in [1.82, 2.24) is 19.7 Å². The molecule has 0 bridgehead atoms. The molecule has 0 aromatic carbocycles. The number of nitrogens with one attached hydrogen (secondary N) is 1. The first kappa shape index (κ1) is 14.5. The maximum atomic E-state index is 11.9. The molecule has 2 aromatic rings. The van der Waals surface area contributed by atoms with Crippen LogP contribution in [0.3, 0.4) is 0 Å². The van der Waals surface area contributed by atoms with Crippen LogP contribution in [0.2, 0.25) is 0 Å². The minimum Gasteiger partial charge on any atom is -0.468 e. The Balaban J connectivity index is 2.37. The van der Waals surface area contributed by atoms with Gasteiger partial charge in [-0.05, 0) is 6.92 Å². The van der Waals surface area contributed by atoms with Crippen LogP contribution in [0.15, 0.2) is 16.1 Å². The number of carbonyl (C=O) groups excluding carboxylic acids is 1. The van der Waals surface area contributed by atoms with Crippen molar-refractivity contribution in [3.05, 3.63) is 16.6 Å². The maximum Gasteiger partial charge on any atom is 0.318 e. The molecule has 0 fully saturated rings. The second-order valence-corrected chi connectivity index (χ2v) is 5.31. The monoisotopic (exact) mass is 298 g/mol. The van der Waals surface area contributed by atoms with Gasteiger partial charge in [0, 0.05) is 0 Å². The molecule has 0 spiro atoms. The Morgan fingerprint density at radius 2 is 2.40 bits per heavy atom. The number of aromatic amines is 1. The molecule has 9 heteroatoms. The Kier molecular flexibility index (Phi) is 4.40. The fourth-order valence-electron chi connectivity index (χ4n) is 1.64. The molecule has 0 unspecified atom stereocenters. The number of hydrogen-bond donors (Lipinski definition) is 2. The number of ether oxygens (including phenoxy) is 1. The summed E-state index contributed by atoms with van der Waals surface area (Å²) in [7, 11) is 1.30.